The van der Waals surface area contributed by atoms with Crippen molar-refractivity contribution in [3.8, 4) is 0 Å². The van der Waals surface area contributed by atoms with Crippen molar-refractivity contribution in [1.29, 1.82) is 0 Å². The van der Waals surface area contributed by atoms with E-state index in [1.807, 2.05) is 11.8 Å². The molecule has 8 heteroatoms. The summed E-state index contributed by atoms with van der Waals surface area (Å²) in [6.07, 6.45) is 1.91. The zero-order chi connectivity index (χ0) is 19.8. The lowest BCUT2D eigenvalue weighted by molar-refractivity contribution is -0.130. The lowest BCUT2D eigenvalue weighted by Crippen LogP contribution is -2.49. The molecule has 28 heavy (non-hydrogen) atoms. The summed E-state index contributed by atoms with van der Waals surface area (Å²) in [7, 11) is 1.61. The van der Waals surface area contributed by atoms with E-state index in [0.29, 0.717) is 26.2 Å². The molecule has 1 fully saturated rings. The number of fused-ring (bicyclic) bond motifs is 1. The van der Waals surface area contributed by atoms with E-state index in [4.69, 9.17) is 0 Å². The Balaban J connectivity index is 1.45. The van der Waals surface area contributed by atoms with E-state index in [9.17, 15) is 14.0 Å². The number of piperazine rings is 1. The lowest BCUT2D eigenvalue weighted by atomic mass is 10.1. The third-order valence-electron chi connectivity index (χ3n) is 5.36. The summed E-state index contributed by atoms with van der Waals surface area (Å²) in [6.45, 7) is 4.33. The molecule has 0 bridgehead atoms. The molecule has 1 aliphatic rings. The highest BCUT2D eigenvalue weighted by Gasteiger charge is 2.23. The zero-order valence-corrected chi connectivity index (χ0v) is 15.9. The molecule has 4 rings (SSSR count). The first kappa shape index (κ1) is 18.2. The van der Waals surface area contributed by atoms with Gasteiger partial charge < -0.3 is 14.8 Å². The molecule has 1 aliphatic heterocycles. The molecule has 0 aliphatic carbocycles. The Hall–Kier alpha value is -3.16. The summed E-state index contributed by atoms with van der Waals surface area (Å²) in [5.41, 5.74) is 3.19. The van der Waals surface area contributed by atoms with E-state index < -0.39 is 0 Å². The standard InChI is InChI=1S/C20H22FN5O2/c1-13-16(17-9-14(21)3-4-18(17)23-13)11-20(28)26-7-5-25(6-8-26)15-10-19(27)24(2)22-12-15/h3-4,9-10,12,23H,5-8,11H2,1-2H3. The molecule has 1 saturated heterocycles. The highest BCUT2D eigenvalue weighted by Crippen LogP contribution is 2.24. The van der Waals surface area contributed by atoms with Gasteiger partial charge in [0.1, 0.15) is 5.82 Å². The van der Waals surface area contributed by atoms with Crippen LogP contribution in [0.5, 0.6) is 0 Å². The molecule has 3 aromatic rings. The van der Waals surface area contributed by atoms with Crippen LogP contribution in [0.15, 0.2) is 35.3 Å². The van der Waals surface area contributed by atoms with E-state index >= 15 is 0 Å². The molecule has 0 spiro atoms. The van der Waals surface area contributed by atoms with Crippen molar-refractivity contribution in [2.24, 2.45) is 7.05 Å². The van der Waals surface area contributed by atoms with Crippen molar-refractivity contribution in [2.75, 3.05) is 31.1 Å². The molecule has 0 unspecified atom stereocenters. The topological polar surface area (TPSA) is 74.2 Å². The number of nitrogens with zero attached hydrogens (tertiary/aromatic N) is 4. The van der Waals surface area contributed by atoms with Crippen molar-refractivity contribution in [1.82, 2.24) is 19.7 Å². The molecule has 0 saturated carbocycles. The monoisotopic (exact) mass is 383 g/mol. The van der Waals surface area contributed by atoms with Gasteiger partial charge in [0.15, 0.2) is 0 Å². The molecule has 146 valence electrons. The van der Waals surface area contributed by atoms with E-state index in [0.717, 1.165) is 27.8 Å². The molecule has 7 nitrogen and oxygen atoms in total. The number of halogens is 1. The van der Waals surface area contributed by atoms with Crippen molar-refractivity contribution < 1.29 is 9.18 Å². The molecule has 1 aromatic carbocycles. The molecule has 0 atom stereocenters. The number of aryl methyl sites for hydroxylation is 2. The van der Waals surface area contributed by atoms with E-state index in [1.165, 1.54) is 16.8 Å². The van der Waals surface area contributed by atoms with Gasteiger partial charge in [-0.3, -0.25) is 9.59 Å². The van der Waals surface area contributed by atoms with Crippen LogP contribution in [0.1, 0.15) is 11.3 Å². The minimum Gasteiger partial charge on any atom is -0.367 e. The third-order valence-corrected chi connectivity index (χ3v) is 5.36. The second kappa shape index (κ2) is 7.10. The number of rotatable bonds is 3. The highest BCUT2D eigenvalue weighted by atomic mass is 19.1. The van der Waals surface area contributed by atoms with Crippen LogP contribution >= 0.6 is 0 Å². The number of amides is 1. The number of anilines is 1. The van der Waals surface area contributed by atoms with Crippen LogP contribution in [0.3, 0.4) is 0 Å². The summed E-state index contributed by atoms with van der Waals surface area (Å²) < 4.78 is 14.9. The maximum atomic E-state index is 13.6. The second-order valence-corrected chi connectivity index (χ2v) is 7.14. The number of hydrogen-bond donors (Lipinski definition) is 1. The van der Waals surface area contributed by atoms with Gasteiger partial charge in [-0.05, 0) is 30.7 Å². The molecule has 3 heterocycles. The average Bonchev–Trinajstić information content (AvgIpc) is 2.99. The minimum atomic E-state index is -0.309. The van der Waals surface area contributed by atoms with Gasteiger partial charge >= 0.3 is 0 Å². The summed E-state index contributed by atoms with van der Waals surface area (Å²) >= 11 is 0. The van der Waals surface area contributed by atoms with Gasteiger partial charge in [0.25, 0.3) is 5.56 Å². The normalized spacial score (nSPS) is 14.7. The fourth-order valence-electron chi connectivity index (χ4n) is 3.69. The van der Waals surface area contributed by atoms with Gasteiger partial charge in [-0.1, -0.05) is 0 Å². The first-order valence-electron chi connectivity index (χ1n) is 9.25. The number of aromatic nitrogens is 3. The SMILES string of the molecule is Cc1[nH]c2ccc(F)cc2c1CC(=O)N1CCN(c2cnn(C)c(=O)c2)CC1. The quantitative estimate of drug-likeness (QED) is 0.746. The average molecular weight is 383 g/mol. The van der Waals surface area contributed by atoms with Crippen LogP contribution in [0, 0.1) is 12.7 Å². The van der Waals surface area contributed by atoms with Crippen molar-refractivity contribution in [3.63, 3.8) is 0 Å². The van der Waals surface area contributed by atoms with E-state index in [2.05, 4.69) is 15.0 Å². The smallest absolute Gasteiger partial charge is 0.268 e. The Morgan fingerprint density at radius 3 is 2.68 bits per heavy atom. The fraction of sp³-hybridized carbons (Fsp3) is 0.350. The van der Waals surface area contributed by atoms with Gasteiger partial charge in [-0.2, -0.15) is 5.10 Å². The van der Waals surface area contributed by atoms with Crippen LogP contribution in [0.25, 0.3) is 10.9 Å². The minimum absolute atomic E-state index is 0.0232. The predicted molar refractivity (Wildman–Crippen MR) is 105 cm³/mol. The fourth-order valence-corrected chi connectivity index (χ4v) is 3.69. The maximum absolute atomic E-state index is 13.6. The Bertz CT molecular complexity index is 1100. The third kappa shape index (κ3) is 3.37. The van der Waals surface area contributed by atoms with Gasteiger partial charge in [0.2, 0.25) is 5.91 Å². The molecule has 1 N–H and O–H groups in total. The Kier molecular flexibility index (Phi) is 4.62. The van der Waals surface area contributed by atoms with E-state index in [1.54, 1.807) is 25.4 Å². The summed E-state index contributed by atoms with van der Waals surface area (Å²) in [6, 6.07) is 6.15. The Morgan fingerprint density at radius 1 is 1.21 bits per heavy atom. The van der Waals surface area contributed by atoms with Gasteiger partial charge in [-0.25, -0.2) is 9.07 Å². The van der Waals surface area contributed by atoms with Crippen LogP contribution < -0.4 is 10.5 Å². The molecular weight excluding hydrogens is 361 g/mol. The molecular formula is C20H22FN5O2. The van der Waals surface area contributed by atoms with Crippen LogP contribution in [-0.4, -0.2) is 51.8 Å². The lowest BCUT2D eigenvalue weighted by Gasteiger charge is -2.36. The number of H-pyrrole nitrogens is 1. The summed E-state index contributed by atoms with van der Waals surface area (Å²) in [5, 5.41) is 4.81. The number of nitrogens with one attached hydrogen (secondary N) is 1. The number of hydrogen-bond acceptors (Lipinski definition) is 4. The van der Waals surface area contributed by atoms with Crippen molar-refractivity contribution >= 4 is 22.5 Å². The van der Waals surface area contributed by atoms with E-state index in [-0.39, 0.29) is 23.7 Å². The van der Waals surface area contributed by atoms with Crippen molar-refractivity contribution in [3.05, 3.63) is 57.9 Å². The molecule has 0 radical (unpaired) electrons. The number of benzene rings is 1. The van der Waals surface area contributed by atoms with Crippen molar-refractivity contribution in [2.45, 2.75) is 13.3 Å². The van der Waals surface area contributed by atoms with Crippen LogP contribution in [-0.2, 0) is 18.3 Å². The maximum Gasteiger partial charge on any atom is 0.268 e. The largest absolute Gasteiger partial charge is 0.367 e. The highest BCUT2D eigenvalue weighted by molar-refractivity contribution is 5.90. The zero-order valence-electron chi connectivity index (χ0n) is 15.9. The Labute approximate surface area is 161 Å². The predicted octanol–water partition coefficient (Wildman–Crippen LogP) is 1.60. The first-order valence-corrected chi connectivity index (χ1v) is 9.25. The van der Waals surface area contributed by atoms with Crippen LogP contribution in [0.2, 0.25) is 0 Å². The molecule has 1 amide bonds. The van der Waals surface area contributed by atoms with Gasteiger partial charge in [0.05, 0.1) is 18.3 Å². The molecule has 2 aromatic heterocycles. The van der Waals surface area contributed by atoms with Crippen LogP contribution in [0.4, 0.5) is 10.1 Å². The second-order valence-electron chi connectivity index (χ2n) is 7.14. The Morgan fingerprint density at radius 2 is 1.96 bits per heavy atom. The first-order chi connectivity index (χ1) is 13.4. The number of carbonyl (C=O) groups is 1. The summed E-state index contributed by atoms with van der Waals surface area (Å²) in [5.74, 6) is -0.286. The van der Waals surface area contributed by atoms with Gasteiger partial charge in [0, 0.05) is 55.9 Å². The number of aromatic amines is 1. The summed E-state index contributed by atoms with van der Waals surface area (Å²) in [4.78, 5) is 31.7. The van der Waals surface area contributed by atoms with Gasteiger partial charge in [-0.15, -0.1) is 0 Å². The number of carbonyl (C=O) groups excluding carboxylic acids is 1.